The first-order valence-electron chi connectivity index (χ1n) is 11.8. The zero-order valence-electron chi connectivity index (χ0n) is 19.1. The second-order valence-corrected chi connectivity index (χ2v) is 9.01. The molecule has 0 bridgehead atoms. The van der Waals surface area contributed by atoms with Crippen molar-refractivity contribution in [3.05, 3.63) is 24.5 Å². The molecule has 1 saturated heterocycles. The Morgan fingerprint density at radius 2 is 1.88 bits per heavy atom. The van der Waals surface area contributed by atoms with Gasteiger partial charge in [-0.3, -0.25) is 4.79 Å². The van der Waals surface area contributed by atoms with Crippen LogP contribution in [0.1, 0.15) is 44.9 Å². The number of amides is 1. The van der Waals surface area contributed by atoms with Crippen LogP contribution in [0.3, 0.4) is 0 Å². The third-order valence-electron chi connectivity index (χ3n) is 6.77. The van der Waals surface area contributed by atoms with Crippen LogP contribution in [0, 0.1) is 12.8 Å². The molecule has 2 fully saturated rings. The minimum absolute atomic E-state index is 0.0393. The zero-order chi connectivity index (χ0) is 22.9. The van der Waals surface area contributed by atoms with Gasteiger partial charge in [-0.1, -0.05) is 0 Å². The predicted octanol–water partition coefficient (Wildman–Crippen LogP) is 2.18. The van der Waals surface area contributed by atoms with E-state index in [-0.39, 0.29) is 24.0 Å². The number of imidazole rings is 1. The maximum absolute atomic E-state index is 12.9. The van der Waals surface area contributed by atoms with Gasteiger partial charge >= 0.3 is 0 Å². The number of carbonyl (C=O) groups is 1. The van der Waals surface area contributed by atoms with Gasteiger partial charge in [0.25, 0.3) is 0 Å². The smallest absolute Gasteiger partial charge is 0.225 e. The summed E-state index contributed by atoms with van der Waals surface area (Å²) >= 11 is 0. The summed E-state index contributed by atoms with van der Waals surface area (Å²) in [5.74, 6) is 2.42. The third kappa shape index (κ3) is 4.27. The molecule has 1 aliphatic heterocycles. The highest BCUT2D eigenvalue weighted by Gasteiger charge is 2.33. The van der Waals surface area contributed by atoms with Crippen molar-refractivity contribution < 1.29 is 9.90 Å². The van der Waals surface area contributed by atoms with E-state index in [9.17, 15) is 9.90 Å². The van der Waals surface area contributed by atoms with Gasteiger partial charge in [0.2, 0.25) is 5.91 Å². The Labute approximate surface area is 192 Å². The number of nitrogens with zero attached hydrogens (tertiary/aromatic N) is 7. The summed E-state index contributed by atoms with van der Waals surface area (Å²) in [7, 11) is 0. The number of nitrogens with one attached hydrogen (secondary N) is 1. The van der Waals surface area contributed by atoms with E-state index in [4.69, 9.17) is 4.98 Å². The normalized spacial score (nSPS) is 23.2. The number of likely N-dealkylation sites (tertiary alicyclic amines) is 1. The van der Waals surface area contributed by atoms with Gasteiger partial charge in [0.05, 0.1) is 11.7 Å². The fourth-order valence-corrected chi connectivity index (χ4v) is 4.92. The molecule has 3 aromatic rings. The summed E-state index contributed by atoms with van der Waals surface area (Å²) < 4.78 is 2.04. The largest absolute Gasteiger partial charge is 0.393 e. The zero-order valence-corrected chi connectivity index (χ0v) is 19.1. The fraction of sp³-hybridized carbons (Fsp3) is 0.565. The van der Waals surface area contributed by atoms with Crippen molar-refractivity contribution in [3.8, 4) is 11.4 Å². The maximum atomic E-state index is 12.9. The lowest BCUT2D eigenvalue weighted by Crippen LogP contribution is -2.38. The minimum atomic E-state index is -0.249. The summed E-state index contributed by atoms with van der Waals surface area (Å²) in [6.07, 6.45) is 8.73. The Bertz CT molecular complexity index is 1140. The molecule has 4 heterocycles. The maximum Gasteiger partial charge on any atom is 0.225 e. The van der Waals surface area contributed by atoms with Crippen LogP contribution in [0.5, 0.6) is 0 Å². The van der Waals surface area contributed by atoms with E-state index in [1.807, 2.05) is 16.4 Å². The van der Waals surface area contributed by atoms with Crippen LogP contribution < -0.4 is 5.32 Å². The standard InChI is InChI=1S/C23H30N8O2/c1-3-31-21(16-10-24-14(2)25-11-16)29-19-20(26-13-27-22(19)31)28-17-8-9-30(12-17)23(33)15-4-6-18(32)7-5-15/h10-11,13,15,17-18,32H,3-9,12H2,1-2H3,(H,26,27,28)/t15-,17-,18-/m0/s1. The molecule has 2 N–H and O–H groups in total. The monoisotopic (exact) mass is 450 g/mol. The summed E-state index contributed by atoms with van der Waals surface area (Å²) in [5, 5.41) is 13.2. The Kier molecular flexibility index (Phi) is 5.92. The number of aliphatic hydroxyl groups is 1. The van der Waals surface area contributed by atoms with E-state index in [0.717, 1.165) is 55.7 Å². The quantitative estimate of drug-likeness (QED) is 0.607. The molecule has 33 heavy (non-hydrogen) atoms. The van der Waals surface area contributed by atoms with Crippen LogP contribution in [0.2, 0.25) is 0 Å². The van der Waals surface area contributed by atoms with E-state index in [1.165, 1.54) is 0 Å². The van der Waals surface area contributed by atoms with Gasteiger partial charge in [-0.15, -0.1) is 0 Å². The second-order valence-electron chi connectivity index (χ2n) is 9.01. The lowest BCUT2D eigenvalue weighted by atomic mass is 9.86. The number of carbonyl (C=O) groups excluding carboxylic acids is 1. The van der Waals surface area contributed by atoms with Crippen LogP contribution in [0.15, 0.2) is 18.7 Å². The average molecular weight is 451 g/mol. The van der Waals surface area contributed by atoms with E-state index < -0.39 is 0 Å². The molecule has 10 heteroatoms. The topological polar surface area (TPSA) is 122 Å². The molecule has 5 rings (SSSR count). The van der Waals surface area contributed by atoms with Crippen molar-refractivity contribution in [2.24, 2.45) is 5.92 Å². The van der Waals surface area contributed by atoms with Crippen LogP contribution >= 0.6 is 0 Å². The molecule has 1 atom stereocenters. The fourth-order valence-electron chi connectivity index (χ4n) is 4.92. The first-order chi connectivity index (χ1) is 16.0. The van der Waals surface area contributed by atoms with Gasteiger partial charge in [0.1, 0.15) is 18.0 Å². The number of aliphatic hydroxyl groups excluding tert-OH is 1. The number of rotatable bonds is 5. The molecule has 1 aliphatic carbocycles. The first-order valence-corrected chi connectivity index (χ1v) is 11.8. The molecular weight excluding hydrogens is 420 g/mol. The number of aromatic nitrogens is 6. The molecule has 2 aliphatic rings. The first kappa shape index (κ1) is 21.7. The molecule has 0 aromatic carbocycles. The van der Waals surface area contributed by atoms with Gasteiger partial charge in [-0.05, 0) is 46.0 Å². The van der Waals surface area contributed by atoms with E-state index in [1.54, 1.807) is 18.7 Å². The summed E-state index contributed by atoms with van der Waals surface area (Å²) in [6.45, 7) is 6.00. The number of aryl methyl sites for hydroxylation is 2. The lowest BCUT2D eigenvalue weighted by Gasteiger charge is -2.28. The summed E-state index contributed by atoms with van der Waals surface area (Å²) in [4.78, 5) is 37.3. The Hall–Kier alpha value is -3.14. The van der Waals surface area contributed by atoms with Crippen LogP contribution in [0.25, 0.3) is 22.6 Å². The van der Waals surface area contributed by atoms with Gasteiger partial charge in [-0.25, -0.2) is 24.9 Å². The number of fused-ring (bicyclic) bond motifs is 1. The molecule has 0 unspecified atom stereocenters. The van der Waals surface area contributed by atoms with Gasteiger partial charge in [-0.2, -0.15) is 0 Å². The second kappa shape index (κ2) is 9.01. The Morgan fingerprint density at radius 3 is 2.61 bits per heavy atom. The number of hydrogen-bond acceptors (Lipinski definition) is 8. The van der Waals surface area contributed by atoms with Crippen molar-refractivity contribution in [1.82, 2.24) is 34.4 Å². The minimum Gasteiger partial charge on any atom is -0.393 e. The molecular formula is C23H30N8O2. The summed E-state index contributed by atoms with van der Waals surface area (Å²) in [5.41, 5.74) is 2.31. The molecule has 10 nitrogen and oxygen atoms in total. The lowest BCUT2D eigenvalue weighted by molar-refractivity contribution is -0.136. The van der Waals surface area contributed by atoms with Crippen molar-refractivity contribution in [2.75, 3.05) is 18.4 Å². The third-order valence-corrected chi connectivity index (χ3v) is 6.77. The summed E-state index contributed by atoms with van der Waals surface area (Å²) in [6, 6.07) is 0.110. The van der Waals surface area contributed by atoms with Gasteiger partial charge in [0, 0.05) is 44.0 Å². The Balaban J connectivity index is 1.34. The van der Waals surface area contributed by atoms with E-state index in [0.29, 0.717) is 30.2 Å². The van der Waals surface area contributed by atoms with Crippen molar-refractivity contribution in [3.63, 3.8) is 0 Å². The Morgan fingerprint density at radius 1 is 1.12 bits per heavy atom. The molecule has 1 amide bonds. The average Bonchev–Trinajstić information content (AvgIpc) is 3.45. The van der Waals surface area contributed by atoms with Crippen molar-refractivity contribution in [2.45, 2.75) is 64.6 Å². The van der Waals surface area contributed by atoms with Crippen molar-refractivity contribution >= 4 is 22.9 Å². The number of anilines is 1. The van der Waals surface area contributed by atoms with Crippen molar-refractivity contribution in [1.29, 1.82) is 0 Å². The highest BCUT2D eigenvalue weighted by Crippen LogP contribution is 2.29. The van der Waals surface area contributed by atoms with Gasteiger partial charge < -0.3 is 19.9 Å². The van der Waals surface area contributed by atoms with Crippen LogP contribution in [-0.2, 0) is 11.3 Å². The van der Waals surface area contributed by atoms with Crippen LogP contribution in [0.4, 0.5) is 5.82 Å². The number of hydrogen-bond donors (Lipinski definition) is 2. The van der Waals surface area contributed by atoms with E-state index in [2.05, 4.69) is 32.2 Å². The highest BCUT2D eigenvalue weighted by atomic mass is 16.3. The molecule has 0 radical (unpaired) electrons. The molecule has 174 valence electrons. The highest BCUT2D eigenvalue weighted by molar-refractivity contribution is 5.86. The predicted molar refractivity (Wildman–Crippen MR) is 123 cm³/mol. The molecule has 1 saturated carbocycles. The van der Waals surface area contributed by atoms with Gasteiger partial charge in [0.15, 0.2) is 17.0 Å². The van der Waals surface area contributed by atoms with Crippen LogP contribution in [-0.4, -0.2) is 70.6 Å². The SMILES string of the molecule is CCn1c(-c2cnc(C)nc2)nc2c(N[C@H]3CCN(C(=O)[C@H]4CC[C@H](O)CC4)C3)ncnc21. The molecule has 3 aromatic heterocycles. The van der Waals surface area contributed by atoms with E-state index >= 15 is 0 Å². The molecule has 0 spiro atoms.